The summed E-state index contributed by atoms with van der Waals surface area (Å²) < 4.78 is 0.344. The van der Waals surface area contributed by atoms with Crippen LogP contribution in [0.4, 0.5) is 17.6 Å². The van der Waals surface area contributed by atoms with E-state index in [9.17, 15) is 0 Å². The number of rotatable bonds is 4. The maximum atomic E-state index is 5.84. The molecule has 3 N–H and O–H groups in total. The van der Waals surface area contributed by atoms with E-state index < -0.39 is 0 Å². The Morgan fingerprint density at radius 3 is 2.95 bits per heavy atom. The highest BCUT2D eigenvalue weighted by Crippen LogP contribution is 2.32. The maximum absolute atomic E-state index is 5.84. The number of anilines is 3. The first kappa shape index (κ1) is 15.2. The molecule has 20 heavy (non-hydrogen) atoms. The molecule has 0 atom stereocenters. The third kappa shape index (κ3) is 4.16. The fraction of sp³-hybridized carbons (Fsp3) is 0.714. The molecule has 0 saturated carbocycles. The zero-order chi connectivity index (χ0) is 14.6. The van der Waals surface area contributed by atoms with Gasteiger partial charge >= 0.3 is 0 Å². The summed E-state index contributed by atoms with van der Waals surface area (Å²) in [6.07, 6.45) is 2.22. The molecule has 1 aliphatic heterocycles. The van der Waals surface area contributed by atoms with Crippen LogP contribution in [-0.4, -0.2) is 40.1 Å². The van der Waals surface area contributed by atoms with Crippen molar-refractivity contribution < 1.29 is 0 Å². The lowest BCUT2D eigenvalue weighted by atomic mass is 10.1. The van der Waals surface area contributed by atoms with Crippen molar-refractivity contribution in [3.63, 3.8) is 0 Å². The van der Waals surface area contributed by atoms with Crippen LogP contribution in [0.1, 0.15) is 33.6 Å². The topological polar surface area (TPSA) is 67.1 Å². The number of nitrogens with zero attached hydrogens (tertiary/aromatic N) is 3. The Labute approximate surface area is 125 Å². The van der Waals surface area contributed by atoms with E-state index in [1.54, 1.807) is 0 Å². The first-order valence-corrected chi connectivity index (χ1v) is 8.26. The van der Waals surface area contributed by atoms with Crippen molar-refractivity contribution >= 4 is 29.3 Å². The Morgan fingerprint density at radius 2 is 2.20 bits per heavy atom. The van der Waals surface area contributed by atoms with Crippen LogP contribution in [0, 0.1) is 0 Å². The van der Waals surface area contributed by atoms with Crippen molar-refractivity contribution in [1.82, 2.24) is 9.97 Å². The van der Waals surface area contributed by atoms with Crippen molar-refractivity contribution in [3.8, 4) is 0 Å². The molecule has 0 spiro atoms. The van der Waals surface area contributed by atoms with Crippen LogP contribution in [0.5, 0.6) is 0 Å². The Balaban J connectivity index is 2.13. The Morgan fingerprint density at radius 1 is 1.40 bits per heavy atom. The second-order valence-electron chi connectivity index (χ2n) is 5.74. The molecule has 1 saturated heterocycles. The van der Waals surface area contributed by atoms with Crippen LogP contribution >= 0.6 is 11.8 Å². The highest BCUT2D eigenvalue weighted by molar-refractivity contribution is 8.00. The van der Waals surface area contributed by atoms with Gasteiger partial charge in [-0.1, -0.05) is 20.8 Å². The van der Waals surface area contributed by atoms with Crippen LogP contribution in [0.3, 0.4) is 0 Å². The molecule has 1 aromatic rings. The van der Waals surface area contributed by atoms with E-state index >= 15 is 0 Å². The van der Waals surface area contributed by atoms with Crippen molar-refractivity contribution in [2.24, 2.45) is 0 Å². The first-order chi connectivity index (χ1) is 9.50. The maximum Gasteiger partial charge on any atom is 0.223 e. The summed E-state index contributed by atoms with van der Waals surface area (Å²) in [5.41, 5.74) is 5.84. The van der Waals surface area contributed by atoms with Gasteiger partial charge in [0, 0.05) is 36.2 Å². The van der Waals surface area contributed by atoms with Crippen molar-refractivity contribution in [2.45, 2.75) is 38.4 Å². The predicted molar refractivity (Wildman–Crippen MR) is 88.6 cm³/mol. The quantitative estimate of drug-likeness (QED) is 0.890. The number of nitrogens with one attached hydrogen (secondary N) is 1. The summed E-state index contributed by atoms with van der Waals surface area (Å²) in [4.78, 5) is 11.0. The highest BCUT2D eigenvalue weighted by Gasteiger charge is 2.24. The van der Waals surface area contributed by atoms with E-state index in [1.807, 2.05) is 17.8 Å². The molecule has 2 rings (SSSR count). The highest BCUT2D eigenvalue weighted by atomic mass is 32.2. The van der Waals surface area contributed by atoms with Gasteiger partial charge in [0.1, 0.15) is 11.6 Å². The molecule has 112 valence electrons. The van der Waals surface area contributed by atoms with Crippen molar-refractivity contribution in [1.29, 1.82) is 0 Å². The van der Waals surface area contributed by atoms with E-state index in [0.717, 1.165) is 49.9 Å². The monoisotopic (exact) mass is 295 g/mol. The summed E-state index contributed by atoms with van der Waals surface area (Å²) in [7, 11) is 0. The van der Waals surface area contributed by atoms with Gasteiger partial charge in [0.15, 0.2) is 0 Å². The predicted octanol–water partition coefficient (Wildman–Crippen LogP) is 2.60. The average molecular weight is 295 g/mol. The van der Waals surface area contributed by atoms with E-state index in [1.165, 1.54) is 0 Å². The van der Waals surface area contributed by atoms with Crippen LogP contribution in [0.25, 0.3) is 0 Å². The molecule has 1 aliphatic rings. The van der Waals surface area contributed by atoms with Gasteiger partial charge < -0.3 is 16.0 Å². The molecule has 0 unspecified atom stereocenters. The summed E-state index contributed by atoms with van der Waals surface area (Å²) >= 11 is 2.03. The average Bonchev–Trinajstić information content (AvgIpc) is 2.57. The van der Waals surface area contributed by atoms with E-state index in [-0.39, 0.29) is 0 Å². The first-order valence-electron chi connectivity index (χ1n) is 7.27. The molecule has 2 heterocycles. The molecule has 0 radical (unpaired) electrons. The molecular formula is C14H25N5S. The molecule has 6 heteroatoms. The number of aromatic nitrogens is 2. The second-order valence-corrected chi connectivity index (χ2v) is 7.54. The minimum absolute atomic E-state index is 0.344. The van der Waals surface area contributed by atoms with Gasteiger partial charge in [-0.2, -0.15) is 21.7 Å². The Hall–Kier alpha value is -1.17. The summed E-state index contributed by atoms with van der Waals surface area (Å²) in [6.45, 7) is 9.68. The molecule has 0 aliphatic carbocycles. The summed E-state index contributed by atoms with van der Waals surface area (Å²) in [5.74, 6) is 3.23. The lowest BCUT2D eigenvalue weighted by Crippen LogP contribution is -2.28. The second kappa shape index (κ2) is 6.52. The molecular weight excluding hydrogens is 270 g/mol. The number of nitrogen functional groups attached to an aromatic ring is 1. The third-order valence-electron chi connectivity index (χ3n) is 3.45. The van der Waals surface area contributed by atoms with Gasteiger partial charge in [0.05, 0.1) is 0 Å². The Bertz CT molecular complexity index is 449. The van der Waals surface area contributed by atoms with E-state index in [0.29, 0.717) is 10.7 Å². The SMILES string of the molecule is CCCNc1cc(N2CCSC(C)(C)CC2)nc(N)n1. The number of thioether (sulfide) groups is 1. The molecule has 0 bridgehead atoms. The van der Waals surface area contributed by atoms with E-state index in [4.69, 9.17) is 5.73 Å². The van der Waals surface area contributed by atoms with Gasteiger partial charge in [0.25, 0.3) is 0 Å². The fourth-order valence-corrected chi connectivity index (χ4v) is 3.31. The van der Waals surface area contributed by atoms with Gasteiger partial charge in [-0.15, -0.1) is 0 Å². The summed E-state index contributed by atoms with van der Waals surface area (Å²) in [5, 5.41) is 3.28. The number of nitrogens with two attached hydrogens (primary N) is 1. The van der Waals surface area contributed by atoms with Crippen molar-refractivity contribution in [2.75, 3.05) is 41.3 Å². The van der Waals surface area contributed by atoms with Gasteiger partial charge in [-0.3, -0.25) is 0 Å². The lowest BCUT2D eigenvalue weighted by Gasteiger charge is -2.23. The standard InChI is InChI=1S/C14H25N5S/c1-4-6-16-11-10-12(18-13(15)17-11)19-7-5-14(2,3)20-9-8-19/h10H,4-9H2,1-3H3,(H3,15,16,17,18). The van der Waals surface area contributed by atoms with Crippen molar-refractivity contribution in [3.05, 3.63) is 6.07 Å². The Kier molecular flexibility index (Phi) is 4.96. The molecule has 1 fully saturated rings. The van der Waals surface area contributed by atoms with Crippen LogP contribution in [-0.2, 0) is 0 Å². The minimum atomic E-state index is 0.344. The van der Waals surface area contributed by atoms with Gasteiger partial charge in [-0.05, 0) is 12.8 Å². The fourth-order valence-electron chi connectivity index (χ4n) is 2.21. The van der Waals surface area contributed by atoms with E-state index in [2.05, 4.69) is 41.0 Å². The third-order valence-corrected chi connectivity index (χ3v) is 4.82. The number of hydrogen-bond donors (Lipinski definition) is 2. The normalized spacial score (nSPS) is 18.6. The molecule has 0 amide bonds. The lowest BCUT2D eigenvalue weighted by molar-refractivity contribution is 0.635. The smallest absolute Gasteiger partial charge is 0.223 e. The largest absolute Gasteiger partial charge is 0.370 e. The van der Waals surface area contributed by atoms with Gasteiger partial charge in [0.2, 0.25) is 5.95 Å². The molecule has 5 nitrogen and oxygen atoms in total. The zero-order valence-electron chi connectivity index (χ0n) is 12.6. The zero-order valence-corrected chi connectivity index (χ0v) is 13.5. The molecule has 0 aromatic carbocycles. The van der Waals surface area contributed by atoms with Gasteiger partial charge in [-0.25, -0.2) is 0 Å². The summed E-state index contributed by atoms with van der Waals surface area (Å²) in [6, 6.07) is 2.01. The van der Waals surface area contributed by atoms with Crippen LogP contribution < -0.4 is 16.0 Å². The van der Waals surface area contributed by atoms with Crippen LogP contribution in [0.15, 0.2) is 6.07 Å². The molecule has 1 aromatic heterocycles. The minimum Gasteiger partial charge on any atom is -0.370 e. The number of hydrogen-bond acceptors (Lipinski definition) is 6. The van der Waals surface area contributed by atoms with Crippen LogP contribution in [0.2, 0.25) is 0 Å².